The van der Waals surface area contributed by atoms with Gasteiger partial charge in [0.05, 0.1) is 0 Å². The van der Waals surface area contributed by atoms with E-state index in [-0.39, 0.29) is 23.3 Å². The number of para-hydroxylation sites is 1. The van der Waals surface area contributed by atoms with Crippen LogP contribution in [0.3, 0.4) is 0 Å². The summed E-state index contributed by atoms with van der Waals surface area (Å²) < 4.78 is 0. The number of fused-ring (bicyclic) bond motifs is 1. The third kappa shape index (κ3) is 2.68. The maximum atomic E-state index is 12.9. The average molecular weight is 259 g/mol. The molecule has 19 heavy (non-hydrogen) atoms. The minimum atomic E-state index is 0.0201. The molecule has 1 aromatic carbocycles. The summed E-state index contributed by atoms with van der Waals surface area (Å²) in [7, 11) is 0. The van der Waals surface area contributed by atoms with E-state index in [2.05, 4.69) is 52.8 Å². The Bertz CT molecular complexity index is 470. The van der Waals surface area contributed by atoms with Crippen molar-refractivity contribution in [2.24, 2.45) is 11.3 Å². The molecule has 1 unspecified atom stereocenters. The predicted molar refractivity (Wildman–Crippen MR) is 80.3 cm³/mol. The van der Waals surface area contributed by atoms with Gasteiger partial charge in [-0.05, 0) is 43.7 Å². The first kappa shape index (κ1) is 14.1. The van der Waals surface area contributed by atoms with Crippen molar-refractivity contribution in [3.8, 4) is 0 Å². The van der Waals surface area contributed by atoms with E-state index in [0.717, 1.165) is 18.5 Å². The quantitative estimate of drug-likeness (QED) is 0.745. The number of hydrogen-bond acceptors (Lipinski definition) is 1. The smallest absolute Gasteiger partial charge is 0.230 e. The normalized spacial score (nSPS) is 20.4. The minimum Gasteiger partial charge on any atom is -0.309 e. The molecule has 2 heteroatoms. The van der Waals surface area contributed by atoms with Crippen LogP contribution in [0, 0.1) is 11.3 Å². The van der Waals surface area contributed by atoms with Crippen molar-refractivity contribution in [2.75, 3.05) is 4.90 Å². The summed E-state index contributed by atoms with van der Waals surface area (Å²) in [6, 6.07) is 8.54. The highest BCUT2D eigenvalue weighted by Crippen LogP contribution is 2.38. The molecule has 2 rings (SSSR count). The van der Waals surface area contributed by atoms with Gasteiger partial charge >= 0.3 is 0 Å². The SMILES string of the molecule is CC(C)N1C(=O)C(C(C)(C)C)CCc2ccccc21. The molecule has 0 aliphatic carbocycles. The van der Waals surface area contributed by atoms with E-state index in [1.54, 1.807) is 0 Å². The molecular formula is C17H25NO. The Kier molecular flexibility index (Phi) is 3.71. The van der Waals surface area contributed by atoms with Gasteiger partial charge in [-0.25, -0.2) is 0 Å². The standard InChI is InChI=1S/C17H25NO/c1-12(2)18-15-9-7-6-8-13(15)10-11-14(16(18)19)17(3,4)5/h6-9,12,14H,10-11H2,1-5H3. The third-order valence-electron chi connectivity index (χ3n) is 4.05. The first-order chi connectivity index (χ1) is 8.82. The summed E-state index contributed by atoms with van der Waals surface area (Å²) in [5.74, 6) is 0.384. The van der Waals surface area contributed by atoms with E-state index >= 15 is 0 Å². The molecule has 0 spiro atoms. The van der Waals surface area contributed by atoms with Crippen LogP contribution in [0.1, 0.15) is 46.6 Å². The largest absolute Gasteiger partial charge is 0.309 e. The van der Waals surface area contributed by atoms with Gasteiger partial charge in [0.2, 0.25) is 5.91 Å². The predicted octanol–water partition coefficient (Wildman–Crippen LogP) is 4.04. The number of benzene rings is 1. The fraction of sp³-hybridized carbons (Fsp3) is 0.588. The van der Waals surface area contributed by atoms with Gasteiger partial charge in [-0.3, -0.25) is 4.79 Å². The van der Waals surface area contributed by atoms with E-state index < -0.39 is 0 Å². The minimum absolute atomic E-state index is 0.0201. The van der Waals surface area contributed by atoms with Crippen molar-refractivity contribution < 1.29 is 4.79 Å². The summed E-state index contributed by atoms with van der Waals surface area (Å²) >= 11 is 0. The molecule has 1 aliphatic rings. The van der Waals surface area contributed by atoms with E-state index in [1.165, 1.54) is 5.56 Å². The number of aryl methyl sites for hydroxylation is 1. The van der Waals surface area contributed by atoms with Crippen LogP contribution in [0.15, 0.2) is 24.3 Å². The second kappa shape index (κ2) is 4.99. The zero-order valence-corrected chi connectivity index (χ0v) is 12.7. The molecule has 1 atom stereocenters. The lowest BCUT2D eigenvalue weighted by Gasteiger charge is -2.34. The van der Waals surface area contributed by atoms with E-state index in [4.69, 9.17) is 0 Å². The molecule has 0 N–H and O–H groups in total. The van der Waals surface area contributed by atoms with Crippen LogP contribution in [0.2, 0.25) is 0 Å². The molecule has 0 fully saturated rings. The van der Waals surface area contributed by atoms with E-state index in [9.17, 15) is 4.79 Å². The Morgan fingerprint density at radius 1 is 1.21 bits per heavy atom. The van der Waals surface area contributed by atoms with Crippen molar-refractivity contribution in [3.05, 3.63) is 29.8 Å². The lowest BCUT2D eigenvalue weighted by Crippen LogP contribution is -2.44. The Balaban J connectivity index is 2.49. The van der Waals surface area contributed by atoms with Crippen LogP contribution < -0.4 is 4.90 Å². The summed E-state index contributed by atoms with van der Waals surface area (Å²) in [6.07, 6.45) is 1.94. The average Bonchev–Trinajstić information content (AvgIpc) is 2.43. The molecule has 1 aliphatic heterocycles. The number of amides is 1. The van der Waals surface area contributed by atoms with Gasteiger partial charge in [-0.1, -0.05) is 39.0 Å². The zero-order chi connectivity index (χ0) is 14.2. The number of anilines is 1. The monoisotopic (exact) mass is 259 g/mol. The van der Waals surface area contributed by atoms with Gasteiger partial charge in [0.15, 0.2) is 0 Å². The summed E-state index contributed by atoms with van der Waals surface area (Å²) in [5, 5.41) is 0. The van der Waals surface area contributed by atoms with Gasteiger partial charge in [-0.2, -0.15) is 0 Å². The highest BCUT2D eigenvalue weighted by Gasteiger charge is 2.38. The Morgan fingerprint density at radius 2 is 1.84 bits per heavy atom. The van der Waals surface area contributed by atoms with Crippen molar-refractivity contribution in [1.82, 2.24) is 0 Å². The van der Waals surface area contributed by atoms with Crippen LogP contribution in [-0.2, 0) is 11.2 Å². The zero-order valence-electron chi connectivity index (χ0n) is 12.7. The second-order valence-corrected chi connectivity index (χ2v) is 6.89. The first-order valence-corrected chi connectivity index (χ1v) is 7.23. The van der Waals surface area contributed by atoms with Crippen LogP contribution in [0.5, 0.6) is 0 Å². The molecule has 0 aromatic heterocycles. The molecule has 1 aromatic rings. The molecular weight excluding hydrogens is 234 g/mol. The first-order valence-electron chi connectivity index (χ1n) is 7.23. The topological polar surface area (TPSA) is 20.3 Å². The molecule has 0 saturated heterocycles. The lowest BCUT2D eigenvalue weighted by atomic mass is 9.77. The molecule has 1 amide bonds. The lowest BCUT2D eigenvalue weighted by molar-refractivity contribution is -0.126. The van der Waals surface area contributed by atoms with Gasteiger partial charge < -0.3 is 4.90 Å². The third-order valence-corrected chi connectivity index (χ3v) is 4.05. The highest BCUT2D eigenvalue weighted by molar-refractivity contribution is 5.97. The molecule has 0 saturated carbocycles. The Hall–Kier alpha value is -1.31. The molecule has 0 bridgehead atoms. The van der Waals surface area contributed by atoms with Crippen LogP contribution in [0.25, 0.3) is 0 Å². The van der Waals surface area contributed by atoms with Gasteiger partial charge in [0.25, 0.3) is 0 Å². The van der Waals surface area contributed by atoms with Crippen molar-refractivity contribution in [1.29, 1.82) is 0 Å². The van der Waals surface area contributed by atoms with E-state index in [1.807, 2.05) is 11.0 Å². The Morgan fingerprint density at radius 3 is 2.42 bits per heavy atom. The Labute approximate surface area is 116 Å². The van der Waals surface area contributed by atoms with Crippen LogP contribution in [0.4, 0.5) is 5.69 Å². The van der Waals surface area contributed by atoms with Gasteiger partial charge in [-0.15, -0.1) is 0 Å². The molecule has 0 radical (unpaired) electrons. The number of carbonyl (C=O) groups excluding carboxylic acids is 1. The van der Waals surface area contributed by atoms with Crippen molar-refractivity contribution in [3.63, 3.8) is 0 Å². The van der Waals surface area contributed by atoms with Crippen molar-refractivity contribution in [2.45, 2.75) is 53.5 Å². The fourth-order valence-corrected chi connectivity index (χ4v) is 3.00. The summed E-state index contributed by atoms with van der Waals surface area (Å²) in [6.45, 7) is 10.7. The number of nitrogens with zero attached hydrogens (tertiary/aromatic N) is 1. The molecule has 104 valence electrons. The maximum absolute atomic E-state index is 12.9. The van der Waals surface area contributed by atoms with Gasteiger partial charge in [0.1, 0.15) is 0 Å². The summed E-state index contributed by atoms with van der Waals surface area (Å²) in [4.78, 5) is 14.9. The number of rotatable bonds is 1. The van der Waals surface area contributed by atoms with Crippen LogP contribution in [-0.4, -0.2) is 11.9 Å². The van der Waals surface area contributed by atoms with Crippen molar-refractivity contribution >= 4 is 11.6 Å². The fourth-order valence-electron chi connectivity index (χ4n) is 3.00. The number of carbonyl (C=O) groups is 1. The van der Waals surface area contributed by atoms with Crippen LogP contribution >= 0.6 is 0 Å². The molecule has 1 heterocycles. The molecule has 2 nitrogen and oxygen atoms in total. The van der Waals surface area contributed by atoms with E-state index in [0.29, 0.717) is 0 Å². The van der Waals surface area contributed by atoms with Gasteiger partial charge in [0, 0.05) is 17.6 Å². The highest BCUT2D eigenvalue weighted by atomic mass is 16.2. The summed E-state index contributed by atoms with van der Waals surface area (Å²) in [5.41, 5.74) is 2.43. The maximum Gasteiger partial charge on any atom is 0.230 e. The second-order valence-electron chi connectivity index (χ2n) is 6.89. The number of hydrogen-bond donors (Lipinski definition) is 0.